The molecule has 0 spiro atoms. The Labute approximate surface area is 181 Å². The quantitative estimate of drug-likeness (QED) is 0.723. The van der Waals surface area contributed by atoms with Crippen LogP contribution in [0.15, 0.2) is 58.5 Å². The molecule has 7 heteroatoms. The minimum absolute atomic E-state index is 0. The molecule has 2 aromatic carbocycles. The van der Waals surface area contributed by atoms with Crippen LogP contribution in [0.5, 0.6) is 11.5 Å². The standard InChI is InChI=1S/C20H22N2O2.C2H4O2.Cr/c23-19-11-5-1-7-15(19)13-21-17-9-3-4-10-18(17)22-14-16-8-2-6-12-20(16)24;1-2(3)4;/h1-2,5-8,11-14,17-18,23-24H,3-4,9-10H2;1H3,(H,3,4);/p-1/t17-,18-;;/m1../s1. The normalized spacial score (nSPS) is 18.7. The molecule has 0 bridgehead atoms. The van der Waals surface area contributed by atoms with Crippen LogP contribution in [0.4, 0.5) is 0 Å². The third-order valence-corrected chi connectivity index (χ3v) is 4.38. The van der Waals surface area contributed by atoms with Crippen LogP contribution < -0.4 is 5.11 Å². The molecule has 1 saturated carbocycles. The van der Waals surface area contributed by atoms with E-state index < -0.39 is 5.97 Å². The van der Waals surface area contributed by atoms with Gasteiger partial charge in [0.2, 0.25) is 0 Å². The number of aliphatic carboxylic acids is 1. The van der Waals surface area contributed by atoms with Crippen LogP contribution in [0.3, 0.4) is 0 Å². The number of carboxylic acids is 1. The van der Waals surface area contributed by atoms with E-state index in [9.17, 15) is 10.2 Å². The summed E-state index contributed by atoms with van der Waals surface area (Å²) in [6.45, 7) is 0.972. The summed E-state index contributed by atoms with van der Waals surface area (Å²) in [5, 5.41) is 28.6. The van der Waals surface area contributed by atoms with Crippen molar-refractivity contribution in [2.75, 3.05) is 0 Å². The molecule has 3 rings (SSSR count). The molecule has 154 valence electrons. The van der Waals surface area contributed by atoms with Crippen LogP contribution in [0.1, 0.15) is 43.7 Å². The average molecular weight is 433 g/mol. The predicted molar refractivity (Wildman–Crippen MR) is 108 cm³/mol. The fourth-order valence-electron chi connectivity index (χ4n) is 2.98. The molecule has 29 heavy (non-hydrogen) atoms. The Bertz CT molecular complexity index is 772. The number of hydrogen-bond donors (Lipinski definition) is 2. The van der Waals surface area contributed by atoms with Crippen LogP contribution in [0.25, 0.3) is 0 Å². The minimum atomic E-state index is -1.08. The number of rotatable bonds is 4. The van der Waals surface area contributed by atoms with Gasteiger partial charge in [-0.2, -0.15) is 0 Å². The number of carbonyl (C=O) groups excluding carboxylic acids is 1. The Morgan fingerprint density at radius 1 is 0.897 bits per heavy atom. The van der Waals surface area contributed by atoms with E-state index in [1.807, 2.05) is 24.3 Å². The zero-order valence-electron chi connectivity index (χ0n) is 16.3. The molecule has 1 fully saturated rings. The molecule has 2 atom stereocenters. The largest absolute Gasteiger partial charge is 0.550 e. The summed E-state index contributed by atoms with van der Waals surface area (Å²) in [4.78, 5) is 18.2. The topological polar surface area (TPSA) is 105 Å². The van der Waals surface area contributed by atoms with Crippen molar-refractivity contribution in [1.29, 1.82) is 0 Å². The maximum absolute atomic E-state index is 9.84. The van der Waals surface area contributed by atoms with Crippen molar-refractivity contribution in [2.24, 2.45) is 9.98 Å². The second kappa shape index (κ2) is 12.8. The van der Waals surface area contributed by atoms with Crippen molar-refractivity contribution >= 4 is 18.4 Å². The van der Waals surface area contributed by atoms with Gasteiger partial charge in [-0.1, -0.05) is 37.1 Å². The zero-order valence-corrected chi connectivity index (χ0v) is 17.5. The SMILES string of the molecule is CC(=O)[O-].Oc1ccccc1C=N[C@@H]1CCCC[C@H]1N=Cc1ccccc1O.[Cr]. The van der Waals surface area contributed by atoms with Crippen LogP contribution in [0, 0.1) is 0 Å². The molecule has 0 amide bonds. The first-order valence-electron chi connectivity index (χ1n) is 9.27. The van der Waals surface area contributed by atoms with Crippen molar-refractivity contribution in [3.63, 3.8) is 0 Å². The van der Waals surface area contributed by atoms with Gasteiger partial charge >= 0.3 is 0 Å². The number of aliphatic imine (C=N–C) groups is 2. The van der Waals surface area contributed by atoms with Gasteiger partial charge in [-0.15, -0.1) is 0 Å². The molecule has 0 unspecified atom stereocenters. The summed E-state index contributed by atoms with van der Waals surface area (Å²) in [7, 11) is 0. The third kappa shape index (κ3) is 8.51. The Balaban J connectivity index is 0.000000771. The maximum Gasteiger partial charge on any atom is 0.124 e. The van der Waals surface area contributed by atoms with E-state index >= 15 is 0 Å². The first-order valence-corrected chi connectivity index (χ1v) is 9.27. The van der Waals surface area contributed by atoms with Crippen LogP contribution in [0.2, 0.25) is 0 Å². The number of para-hydroxylation sites is 2. The first kappa shape index (κ1) is 24.4. The second-order valence-electron chi connectivity index (χ2n) is 6.58. The molecule has 0 radical (unpaired) electrons. The van der Waals surface area contributed by atoms with Gasteiger partial charge in [0.1, 0.15) is 11.5 Å². The fourth-order valence-corrected chi connectivity index (χ4v) is 2.98. The van der Waals surface area contributed by atoms with Crippen molar-refractivity contribution < 1.29 is 37.5 Å². The number of aromatic hydroxyl groups is 2. The fraction of sp³-hybridized carbons (Fsp3) is 0.318. The molecular weight excluding hydrogens is 408 g/mol. The summed E-state index contributed by atoms with van der Waals surface area (Å²) >= 11 is 0. The van der Waals surface area contributed by atoms with E-state index in [4.69, 9.17) is 9.90 Å². The minimum Gasteiger partial charge on any atom is -0.550 e. The summed E-state index contributed by atoms with van der Waals surface area (Å²) in [5.74, 6) is -0.599. The Morgan fingerprint density at radius 3 is 1.59 bits per heavy atom. The van der Waals surface area contributed by atoms with Gasteiger partial charge in [-0.3, -0.25) is 9.98 Å². The Kier molecular flexibility index (Phi) is 10.7. The monoisotopic (exact) mass is 433 g/mol. The van der Waals surface area contributed by atoms with Gasteiger partial charge in [0.25, 0.3) is 0 Å². The van der Waals surface area contributed by atoms with Crippen LogP contribution in [-0.2, 0) is 22.2 Å². The average Bonchev–Trinajstić information content (AvgIpc) is 2.67. The van der Waals surface area contributed by atoms with E-state index in [0.29, 0.717) is 0 Å². The molecule has 2 aromatic rings. The van der Waals surface area contributed by atoms with Gasteiger partial charge in [0.15, 0.2) is 0 Å². The zero-order chi connectivity index (χ0) is 20.4. The van der Waals surface area contributed by atoms with E-state index in [0.717, 1.165) is 43.7 Å². The van der Waals surface area contributed by atoms with Crippen molar-refractivity contribution in [3.8, 4) is 11.5 Å². The van der Waals surface area contributed by atoms with E-state index in [1.54, 1.807) is 36.7 Å². The number of carboxylic acid groups (broad SMARTS) is 1. The number of phenolic OH excluding ortho intramolecular Hbond substituents is 2. The molecule has 2 N–H and O–H groups in total. The molecule has 6 nitrogen and oxygen atoms in total. The maximum atomic E-state index is 9.84. The van der Waals surface area contributed by atoms with E-state index in [2.05, 4.69) is 9.98 Å². The Morgan fingerprint density at radius 2 is 1.24 bits per heavy atom. The summed E-state index contributed by atoms with van der Waals surface area (Å²) < 4.78 is 0. The molecule has 0 aromatic heterocycles. The molecule has 0 heterocycles. The smallest absolute Gasteiger partial charge is 0.124 e. The number of nitrogens with zero attached hydrogens (tertiary/aromatic N) is 2. The molecule has 0 saturated heterocycles. The molecule has 1 aliphatic rings. The van der Waals surface area contributed by atoms with E-state index in [1.165, 1.54) is 0 Å². The summed E-state index contributed by atoms with van der Waals surface area (Å²) in [5.41, 5.74) is 1.46. The van der Waals surface area contributed by atoms with Gasteiger partial charge < -0.3 is 20.1 Å². The molecular formula is C22H25CrN2O4-. The van der Waals surface area contributed by atoms with Gasteiger partial charge in [-0.25, -0.2) is 0 Å². The van der Waals surface area contributed by atoms with Gasteiger partial charge in [-0.05, 0) is 44.0 Å². The van der Waals surface area contributed by atoms with Crippen molar-refractivity contribution in [2.45, 2.75) is 44.7 Å². The first-order chi connectivity index (χ1) is 13.5. The Hall–Kier alpha value is -2.62. The predicted octanol–water partition coefficient (Wildman–Crippen LogP) is 2.70. The van der Waals surface area contributed by atoms with Crippen LogP contribution >= 0.6 is 0 Å². The third-order valence-electron chi connectivity index (χ3n) is 4.38. The summed E-state index contributed by atoms with van der Waals surface area (Å²) in [6.07, 6.45) is 7.76. The second-order valence-corrected chi connectivity index (χ2v) is 6.58. The van der Waals surface area contributed by atoms with Gasteiger partial charge in [0.05, 0.1) is 12.1 Å². The summed E-state index contributed by atoms with van der Waals surface area (Å²) in [6, 6.07) is 14.6. The van der Waals surface area contributed by atoms with E-state index in [-0.39, 0.29) is 40.9 Å². The van der Waals surface area contributed by atoms with Crippen molar-refractivity contribution in [3.05, 3.63) is 59.7 Å². The number of phenols is 2. The number of benzene rings is 2. The number of carbonyl (C=O) groups is 1. The molecule has 1 aliphatic carbocycles. The number of hydrogen-bond acceptors (Lipinski definition) is 6. The molecule has 0 aliphatic heterocycles. The van der Waals surface area contributed by atoms with Crippen molar-refractivity contribution in [1.82, 2.24) is 0 Å². The van der Waals surface area contributed by atoms with Crippen LogP contribution in [-0.4, -0.2) is 40.7 Å². The van der Waals surface area contributed by atoms with Gasteiger partial charge in [0, 0.05) is 46.9 Å².